The zero-order valence-electron chi connectivity index (χ0n) is 17.2. The van der Waals surface area contributed by atoms with Crippen molar-refractivity contribution in [2.24, 2.45) is 5.41 Å². The lowest BCUT2D eigenvalue weighted by Gasteiger charge is -2.29. The Kier molecular flexibility index (Phi) is 5.37. The van der Waals surface area contributed by atoms with Crippen LogP contribution in [0.1, 0.15) is 37.3 Å². The van der Waals surface area contributed by atoms with Gasteiger partial charge in [-0.3, -0.25) is 0 Å². The number of nitrogens with one attached hydrogen (secondary N) is 1. The molecule has 0 amide bonds. The first-order valence-corrected chi connectivity index (χ1v) is 10.3. The van der Waals surface area contributed by atoms with E-state index in [0.717, 1.165) is 29.9 Å². The number of hydrogen-bond acceptors (Lipinski definition) is 3. The van der Waals surface area contributed by atoms with E-state index >= 15 is 0 Å². The smallest absolute Gasteiger partial charge is 0.113 e. The van der Waals surface area contributed by atoms with Crippen LogP contribution in [0.4, 0.5) is 5.69 Å². The molecule has 4 heteroatoms. The van der Waals surface area contributed by atoms with E-state index in [1.807, 2.05) is 10.9 Å². The van der Waals surface area contributed by atoms with Crippen molar-refractivity contribution in [3.8, 4) is 11.3 Å². The Hall–Kier alpha value is -3.10. The zero-order chi connectivity index (χ0) is 20.3. The van der Waals surface area contributed by atoms with Crippen molar-refractivity contribution in [1.29, 1.82) is 0 Å². The lowest BCUT2D eigenvalue weighted by molar-refractivity contribution is 0.409. The van der Waals surface area contributed by atoms with Crippen molar-refractivity contribution in [2.75, 3.05) is 5.32 Å². The first-order chi connectivity index (χ1) is 14.1. The maximum atomic E-state index is 4.39. The summed E-state index contributed by atoms with van der Waals surface area (Å²) in [6.07, 6.45) is 7.68. The van der Waals surface area contributed by atoms with E-state index in [1.165, 1.54) is 24.0 Å². The van der Waals surface area contributed by atoms with Gasteiger partial charge in [-0.25, -0.2) is 4.68 Å². The van der Waals surface area contributed by atoms with Gasteiger partial charge in [-0.1, -0.05) is 67.1 Å². The van der Waals surface area contributed by atoms with Crippen LogP contribution in [0.2, 0.25) is 0 Å². The molecule has 1 saturated carbocycles. The maximum absolute atomic E-state index is 4.39. The highest BCUT2D eigenvalue weighted by atomic mass is 15.4. The van der Waals surface area contributed by atoms with Crippen LogP contribution in [0.15, 0.2) is 73.1 Å². The van der Waals surface area contributed by atoms with E-state index in [0.29, 0.717) is 6.04 Å². The molecule has 2 atom stereocenters. The Bertz CT molecular complexity index is 1030. The number of benzene rings is 2. The predicted octanol–water partition coefficient (Wildman–Crippen LogP) is 5.61. The minimum Gasteiger partial charge on any atom is -0.381 e. The van der Waals surface area contributed by atoms with Crippen molar-refractivity contribution in [2.45, 2.75) is 45.7 Å². The van der Waals surface area contributed by atoms with Crippen molar-refractivity contribution < 1.29 is 0 Å². The molecule has 2 unspecified atom stereocenters. The summed E-state index contributed by atoms with van der Waals surface area (Å²) in [6.45, 7) is 8.88. The molecule has 1 aliphatic rings. The predicted molar refractivity (Wildman–Crippen MR) is 119 cm³/mol. The Morgan fingerprint density at radius 2 is 2.10 bits per heavy atom. The van der Waals surface area contributed by atoms with Crippen LogP contribution in [0.25, 0.3) is 11.3 Å². The molecule has 0 saturated heterocycles. The second kappa shape index (κ2) is 8.10. The van der Waals surface area contributed by atoms with E-state index in [2.05, 4.69) is 96.4 Å². The lowest BCUT2D eigenvalue weighted by Crippen LogP contribution is -2.31. The van der Waals surface area contributed by atoms with E-state index in [-0.39, 0.29) is 5.41 Å². The molecule has 29 heavy (non-hydrogen) atoms. The molecular weight excluding hydrogens is 356 g/mol. The average molecular weight is 385 g/mol. The molecule has 0 spiro atoms. The summed E-state index contributed by atoms with van der Waals surface area (Å²) in [5, 5.41) is 12.4. The Labute approximate surface area is 173 Å². The summed E-state index contributed by atoms with van der Waals surface area (Å²) in [5.41, 5.74) is 8.66. The van der Waals surface area contributed by atoms with Crippen molar-refractivity contribution >= 4 is 5.69 Å². The fourth-order valence-corrected chi connectivity index (χ4v) is 4.19. The zero-order valence-corrected chi connectivity index (χ0v) is 17.2. The first-order valence-electron chi connectivity index (χ1n) is 10.3. The molecule has 3 aromatic rings. The summed E-state index contributed by atoms with van der Waals surface area (Å²) < 4.78 is 1.89. The highest BCUT2D eigenvalue weighted by Gasteiger charge is 2.36. The van der Waals surface area contributed by atoms with Crippen LogP contribution in [-0.2, 0) is 6.54 Å². The monoisotopic (exact) mass is 384 g/mol. The van der Waals surface area contributed by atoms with Gasteiger partial charge in [0.1, 0.15) is 5.69 Å². The molecule has 4 nitrogen and oxygen atoms in total. The molecule has 0 bridgehead atoms. The van der Waals surface area contributed by atoms with Gasteiger partial charge in [0, 0.05) is 22.7 Å². The summed E-state index contributed by atoms with van der Waals surface area (Å²) in [4.78, 5) is 0. The molecule has 148 valence electrons. The molecule has 1 aliphatic carbocycles. The third kappa shape index (κ3) is 4.33. The molecule has 0 aliphatic heterocycles. The summed E-state index contributed by atoms with van der Waals surface area (Å²) >= 11 is 0. The number of rotatable bonds is 6. The molecular formula is C25H28N4. The standard InChI is InChI=1S/C25H28N4/c1-4-14-25(3)15-6-9-24(25)26-22-8-5-7-21(16-22)23-18-29(28-27-23)17-20-12-10-19(2)11-13-20/h5,7-8,10-14,16,18,24,26H,1,6,9,15,17H2,2-3H3. The average Bonchev–Trinajstić information content (AvgIpc) is 3.32. The number of hydrogen-bond donors (Lipinski definition) is 1. The molecule has 1 fully saturated rings. The Balaban J connectivity index is 1.50. The van der Waals surface area contributed by atoms with Crippen LogP contribution in [0.3, 0.4) is 0 Å². The number of aryl methyl sites for hydroxylation is 1. The quantitative estimate of drug-likeness (QED) is 0.561. The molecule has 1 aromatic heterocycles. The minimum absolute atomic E-state index is 0.106. The van der Waals surface area contributed by atoms with Gasteiger partial charge in [-0.2, -0.15) is 0 Å². The lowest BCUT2D eigenvalue weighted by atomic mass is 9.84. The van der Waals surface area contributed by atoms with Gasteiger partial charge in [-0.15, -0.1) is 10.8 Å². The van der Waals surface area contributed by atoms with E-state index in [9.17, 15) is 0 Å². The fourth-order valence-electron chi connectivity index (χ4n) is 4.19. The molecule has 4 rings (SSSR count). The minimum atomic E-state index is 0.106. The Morgan fingerprint density at radius 1 is 1.28 bits per heavy atom. The van der Waals surface area contributed by atoms with Gasteiger partial charge >= 0.3 is 0 Å². The number of nitrogens with zero attached hydrogens (tertiary/aromatic N) is 3. The van der Waals surface area contributed by atoms with Crippen LogP contribution >= 0.6 is 0 Å². The van der Waals surface area contributed by atoms with Gasteiger partial charge in [-0.05, 0) is 43.5 Å². The van der Waals surface area contributed by atoms with Gasteiger partial charge in [0.25, 0.3) is 0 Å². The summed E-state index contributed by atoms with van der Waals surface area (Å²) in [6, 6.07) is 17.4. The van der Waals surface area contributed by atoms with Crippen molar-refractivity contribution in [1.82, 2.24) is 15.0 Å². The van der Waals surface area contributed by atoms with E-state index < -0.39 is 0 Å². The van der Waals surface area contributed by atoms with Gasteiger partial charge < -0.3 is 5.32 Å². The largest absolute Gasteiger partial charge is 0.381 e. The van der Waals surface area contributed by atoms with Crippen LogP contribution in [0, 0.1) is 12.3 Å². The van der Waals surface area contributed by atoms with Crippen LogP contribution in [-0.4, -0.2) is 21.0 Å². The highest BCUT2D eigenvalue weighted by molar-refractivity contribution is 5.64. The second-order valence-electron chi connectivity index (χ2n) is 8.31. The van der Waals surface area contributed by atoms with Gasteiger partial charge in [0.05, 0.1) is 12.7 Å². The second-order valence-corrected chi connectivity index (χ2v) is 8.31. The summed E-state index contributed by atoms with van der Waals surface area (Å²) in [5.74, 6) is 0. The third-order valence-corrected chi connectivity index (χ3v) is 5.94. The number of aromatic nitrogens is 3. The van der Waals surface area contributed by atoms with E-state index in [4.69, 9.17) is 0 Å². The molecule has 1 heterocycles. The third-order valence-electron chi connectivity index (χ3n) is 5.94. The normalized spacial score (nSPS) is 21.0. The molecule has 2 aromatic carbocycles. The maximum Gasteiger partial charge on any atom is 0.113 e. The van der Waals surface area contributed by atoms with Crippen LogP contribution in [0.5, 0.6) is 0 Å². The van der Waals surface area contributed by atoms with Crippen molar-refractivity contribution in [3.63, 3.8) is 0 Å². The first kappa shape index (κ1) is 19.2. The van der Waals surface area contributed by atoms with Crippen molar-refractivity contribution in [3.05, 3.63) is 84.2 Å². The van der Waals surface area contributed by atoms with Gasteiger partial charge in [0.2, 0.25) is 0 Å². The number of anilines is 1. The SMILES string of the molecule is C=C=CC1(C)CCCC1Nc1cccc(-c2cn(Cc3ccc(C)cc3)nn2)c1. The van der Waals surface area contributed by atoms with E-state index in [1.54, 1.807) is 0 Å². The summed E-state index contributed by atoms with van der Waals surface area (Å²) in [7, 11) is 0. The topological polar surface area (TPSA) is 42.7 Å². The molecule has 0 radical (unpaired) electrons. The molecule has 1 N–H and O–H groups in total. The van der Waals surface area contributed by atoms with Gasteiger partial charge in [0.15, 0.2) is 0 Å². The highest BCUT2D eigenvalue weighted by Crippen LogP contribution is 2.40. The Morgan fingerprint density at radius 3 is 2.90 bits per heavy atom. The fraction of sp³-hybridized carbons (Fsp3) is 0.320. The van der Waals surface area contributed by atoms with Crippen LogP contribution < -0.4 is 5.32 Å².